The van der Waals surface area contributed by atoms with Crippen molar-refractivity contribution in [2.75, 3.05) is 0 Å². The molecule has 0 radical (unpaired) electrons. The number of furan rings is 2. The smallest absolute Gasteiger partial charge is 0.178 e. The first-order valence-electron chi connectivity index (χ1n) is 12.3. The molecule has 0 unspecified atom stereocenters. The van der Waals surface area contributed by atoms with Crippen molar-refractivity contribution in [1.29, 1.82) is 0 Å². The van der Waals surface area contributed by atoms with E-state index in [0.717, 1.165) is 60.7 Å². The van der Waals surface area contributed by atoms with Crippen molar-refractivity contribution >= 4 is 57.1 Å². The van der Waals surface area contributed by atoms with Crippen molar-refractivity contribution in [3.05, 3.63) is 97.2 Å². The first-order valence-corrected chi connectivity index (χ1v) is 15.8. The molecule has 3 aromatic heterocycles. The van der Waals surface area contributed by atoms with E-state index in [0.29, 0.717) is 0 Å². The Bertz CT molecular complexity index is 1920. The van der Waals surface area contributed by atoms with Crippen LogP contribution in [0.2, 0.25) is 19.6 Å². The predicted octanol–water partition coefficient (Wildman–Crippen LogP) is 8.76. The summed E-state index contributed by atoms with van der Waals surface area (Å²) >= 11 is 0. The SMILES string of the molecule is C[Si](C)(C)c1ccc(-c2ccnc(-c3cccc4c3oc3c4ccc4c5ccccc5oc43)c2)cc1. The molecule has 3 nitrogen and oxygen atoms in total. The van der Waals surface area contributed by atoms with Gasteiger partial charge in [0.15, 0.2) is 11.2 Å². The van der Waals surface area contributed by atoms with Gasteiger partial charge in [0.2, 0.25) is 0 Å². The van der Waals surface area contributed by atoms with Gasteiger partial charge in [0, 0.05) is 33.3 Å². The van der Waals surface area contributed by atoms with Gasteiger partial charge in [0.25, 0.3) is 0 Å². The monoisotopic (exact) mass is 483 g/mol. The highest BCUT2D eigenvalue weighted by Crippen LogP contribution is 2.41. The van der Waals surface area contributed by atoms with Gasteiger partial charge in [-0.1, -0.05) is 79.4 Å². The summed E-state index contributed by atoms with van der Waals surface area (Å²) in [7, 11) is -1.33. The quantitative estimate of drug-likeness (QED) is 0.236. The molecule has 0 bridgehead atoms. The zero-order valence-corrected chi connectivity index (χ0v) is 21.5. The third kappa shape index (κ3) is 3.22. The summed E-state index contributed by atoms with van der Waals surface area (Å²) in [5.74, 6) is 0. The summed E-state index contributed by atoms with van der Waals surface area (Å²) in [5.41, 5.74) is 7.50. The van der Waals surface area contributed by atoms with Crippen molar-refractivity contribution in [2.24, 2.45) is 0 Å². The van der Waals surface area contributed by atoms with Crippen LogP contribution in [0.4, 0.5) is 0 Å². The van der Waals surface area contributed by atoms with E-state index in [4.69, 9.17) is 13.8 Å². The molecule has 0 aliphatic heterocycles. The lowest BCUT2D eigenvalue weighted by molar-refractivity contribution is 0.634. The maximum absolute atomic E-state index is 6.55. The number of pyridine rings is 1. The van der Waals surface area contributed by atoms with Gasteiger partial charge in [-0.05, 0) is 47.5 Å². The van der Waals surface area contributed by atoms with Gasteiger partial charge >= 0.3 is 0 Å². The fraction of sp³-hybridized carbons (Fsp3) is 0.0938. The molecule has 0 atom stereocenters. The normalized spacial score (nSPS) is 12.3. The molecule has 4 aromatic carbocycles. The van der Waals surface area contributed by atoms with E-state index in [2.05, 4.69) is 92.4 Å². The van der Waals surface area contributed by atoms with Crippen molar-refractivity contribution in [3.8, 4) is 22.4 Å². The van der Waals surface area contributed by atoms with E-state index in [1.807, 2.05) is 24.4 Å². The predicted molar refractivity (Wildman–Crippen MR) is 153 cm³/mol. The first kappa shape index (κ1) is 21.2. The van der Waals surface area contributed by atoms with E-state index >= 15 is 0 Å². The van der Waals surface area contributed by atoms with Gasteiger partial charge in [-0.25, -0.2) is 0 Å². The van der Waals surface area contributed by atoms with E-state index in [9.17, 15) is 0 Å². The van der Waals surface area contributed by atoms with Crippen LogP contribution in [0.25, 0.3) is 66.3 Å². The number of hydrogen-bond donors (Lipinski definition) is 0. The summed E-state index contributed by atoms with van der Waals surface area (Å²) in [5, 5.41) is 5.75. The lowest BCUT2D eigenvalue weighted by Gasteiger charge is -2.16. The molecule has 3 heterocycles. The number of aromatic nitrogens is 1. The van der Waals surface area contributed by atoms with Gasteiger partial charge in [0.05, 0.1) is 13.8 Å². The highest BCUT2D eigenvalue weighted by Gasteiger charge is 2.19. The molecule has 0 spiro atoms. The highest BCUT2D eigenvalue weighted by atomic mass is 28.3. The number of para-hydroxylation sites is 2. The molecule has 0 amide bonds. The molecule has 0 aliphatic rings. The third-order valence-electron chi connectivity index (χ3n) is 7.13. The van der Waals surface area contributed by atoms with Crippen LogP contribution in [0.5, 0.6) is 0 Å². The van der Waals surface area contributed by atoms with Crippen LogP contribution in [0.3, 0.4) is 0 Å². The second-order valence-corrected chi connectivity index (χ2v) is 15.5. The van der Waals surface area contributed by atoms with Crippen LogP contribution in [-0.2, 0) is 0 Å². The minimum absolute atomic E-state index is 0.782. The molecular weight excluding hydrogens is 458 g/mol. The number of nitrogens with zero attached hydrogens (tertiary/aromatic N) is 1. The Balaban J connectivity index is 1.40. The van der Waals surface area contributed by atoms with Gasteiger partial charge in [-0.15, -0.1) is 0 Å². The molecule has 36 heavy (non-hydrogen) atoms. The van der Waals surface area contributed by atoms with Gasteiger partial charge in [0.1, 0.15) is 11.2 Å². The standard InChI is InChI=1S/C32H25NO2Si/c1-36(2,3)22-13-11-20(12-14-22)21-17-18-33-28(19-21)27-9-6-8-24-26-16-15-25-23-7-4-5-10-29(23)34-31(25)32(26)35-30(24)27/h4-19H,1-3H3. The van der Waals surface area contributed by atoms with Crippen molar-refractivity contribution in [1.82, 2.24) is 4.98 Å². The largest absolute Gasteiger partial charge is 0.452 e. The van der Waals surface area contributed by atoms with Crippen LogP contribution in [0, 0.1) is 0 Å². The Morgan fingerprint density at radius 3 is 2.08 bits per heavy atom. The number of hydrogen-bond acceptors (Lipinski definition) is 3. The highest BCUT2D eigenvalue weighted by molar-refractivity contribution is 6.88. The second kappa shape index (κ2) is 7.67. The van der Waals surface area contributed by atoms with Crippen LogP contribution < -0.4 is 5.19 Å². The van der Waals surface area contributed by atoms with E-state index < -0.39 is 8.07 Å². The minimum Gasteiger partial charge on any atom is -0.452 e. The fourth-order valence-corrected chi connectivity index (χ4v) is 6.33. The van der Waals surface area contributed by atoms with E-state index in [1.54, 1.807) is 0 Å². The van der Waals surface area contributed by atoms with Gasteiger partial charge in [-0.3, -0.25) is 4.98 Å². The van der Waals surface area contributed by atoms with Crippen molar-refractivity contribution in [3.63, 3.8) is 0 Å². The zero-order chi connectivity index (χ0) is 24.4. The Hall–Kier alpha value is -4.15. The lowest BCUT2D eigenvalue weighted by Crippen LogP contribution is -2.37. The maximum Gasteiger partial charge on any atom is 0.178 e. The Labute approximate surface area is 210 Å². The molecular formula is C32H25NO2Si. The topological polar surface area (TPSA) is 39.2 Å². The fourth-order valence-electron chi connectivity index (χ4n) is 5.16. The molecule has 174 valence electrons. The molecule has 0 saturated carbocycles. The van der Waals surface area contributed by atoms with Crippen molar-refractivity contribution < 1.29 is 8.83 Å². The number of benzene rings is 4. The molecule has 0 aliphatic carbocycles. The summed E-state index contributed by atoms with van der Waals surface area (Å²) in [4.78, 5) is 4.73. The average Bonchev–Trinajstić information content (AvgIpc) is 3.47. The molecule has 0 N–H and O–H groups in total. The summed E-state index contributed by atoms with van der Waals surface area (Å²) < 4.78 is 12.8. The molecule has 0 saturated heterocycles. The molecule has 7 rings (SSSR count). The average molecular weight is 484 g/mol. The lowest BCUT2D eigenvalue weighted by atomic mass is 10.0. The third-order valence-corrected chi connectivity index (χ3v) is 9.20. The Morgan fingerprint density at radius 2 is 1.28 bits per heavy atom. The van der Waals surface area contributed by atoms with Gasteiger partial charge < -0.3 is 8.83 Å². The van der Waals surface area contributed by atoms with Crippen molar-refractivity contribution in [2.45, 2.75) is 19.6 Å². The van der Waals surface area contributed by atoms with Crippen LogP contribution in [0.1, 0.15) is 0 Å². The molecule has 0 fully saturated rings. The Kier molecular flexibility index (Phi) is 4.51. The summed E-state index contributed by atoms with van der Waals surface area (Å²) in [6, 6.07) is 31.9. The molecule has 7 aromatic rings. The number of fused-ring (bicyclic) bond motifs is 7. The molecule has 4 heteroatoms. The minimum atomic E-state index is -1.33. The Morgan fingerprint density at radius 1 is 0.583 bits per heavy atom. The summed E-state index contributed by atoms with van der Waals surface area (Å²) in [6.45, 7) is 7.12. The zero-order valence-electron chi connectivity index (χ0n) is 20.5. The maximum atomic E-state index is 6.55. The van der Waals surface area contributed by atoms with Gasteiger partial charge in [-0.2, -0.15) is 0 Å². The van der Waals surface area contributed by atoms with E-state index in [-0.39, 0.29) is 0 Å². The van der Waals surface area contributed by atoms with Crippen LogP contribution in [-0.4, -0.2) is 13.1 Å². The van der Waals surface area contributed by atoms with Crippen LogP contribution in [0.15, 0.2) is 106 Å². The van der Waals surface area contributed by atoms with Crippen LogP contribution >= 0.6 is 0 Å². The first-order chi connectivity index (χ1) is 17.5. The second-order valence-electron chi connectivity index (χ2n) is 10.5. The van der Waals surface area contributed by atoms with E-state index in [1.165, 1.54) is 10.8 Å². The summed E-state index contributed by atoms with van der Waals surface area (Å²) in [6.07, 6.45) is 1.88. The number of rotatable bonds is 3.